The average Bonchev–Trinajstić information content (AvgIpc) is 3.11. The number of carbonyl (C=O) groups is 1. The third kappa shape index (κ3) is 6.82. The summed E-state index contributed by atoms with van der Waals surface area (Å²) in [5, 5.41) is 10.2. The van der Waals surface area contributed by atoms with Crippen LogP contribution in [0.3, 0.4) is 0 Å². The molecule has 1 heterocycles. The fourth-order valence-corrected chi connectivity index (χ4v) is 4.78. The molecule has 0 saturated carbocycles. The van der Waals surface area contributed by atoms with Crippen LogP contribution in [0.1, 0.15) is 13.8 Å². The molecule has 2 aromatic carbocycles. The summed E-state index contributed by atoms with van der Waals surface area (Å²) in [5.74, 6) is -1.61. The molecule has 2 atom stereocenters. The van der Waals surface area contributed by atoms with Gasteiger partial charge in [0.2, 0.25) is 6.41 Å². The highest BCUT2D eigenvalue weighted by molar-refractivity contribution is 7.91. The second kappa shape index (κ2) is 9.78. The molecular formula is C21H22F3NO8S. The van der Waals surface area contributed by atoms with Crippen LogP contribution in [0.15, 0.2) is 53.4 Å². The average molecular weight is 505 g/mol. The zero-order valence-electron chi connectivity index (χ0n) is 18.1. The van der Waals surface area contributed by atoms with Gasteiger partial charge in [0.1, 0.15) is 29.4 Å². The van der Waals surface area contributed by atoms with Gasteiger partial charge >= 0.3 is 6.36 Å². The van der Waals surface area contributed by atoms with Crippen molar-refractivity contribution < 1.29 is 50.5 Å². The molecule has 3 rings (SSSR count). The molecule has 1 aliphatic rings. The van der Waals surface area contributed by atoms with Gasteiger partial charge < -0.3 is 18.9 Å². The zero-order chi connectivity index (χ0) is 25.1. The van der Waals surface area contributed by atoms with Crippen molar-refractivity contribution in [1.82, 2.24) is 5.06 Å². The van der Waals surface area contributed by atoms with Crippen LogP contribution in [0.4, 0.5) is 13.2 Å². The second-order valence-electron chi connectivity index (χ2n) is 7.79. The van der Waals surface area contributed by atoms with E-state index in [1.54, 1.807) is 13.8 Å². The molecule has 0 spiro atoms. The van der Waals surface area contributed by atoms with Crippen molar-refractivity contribution in [1.29, 1.82) is 0 Å². The summed E-state index contributed by atoms with van der Waals surface area (Å²) in [4.78, 5) is 11.0. The van der Waals surface area contributed by atoms with Gasteiger partial charge in [-0.3, -0.25) is 10.0 Å². The van der Waals surface area contributed by atoms with Crippen LogP contribution in [0, 0.1) is 0 Å². The minimum Gasteiger partial charge on any atom is -0.457 e. The summed E-state index contributed by atoms with van der Waals surface area (Å²) in [6, 6.07) is 8.71. The minimum atomic E-state index is -4.81. The van der Waals surface area contributed by atoms with E-state index >= 15 is 0 Å². The van der Waals surface area contributed by atoms with Gasteiger partial charge in [0, 0.05) is 0 Å². The lowest BCUT2D eigenvalue weighted by Crippen LogP contribution is -2.47. The summed E-state index contributed by atoms with van der Waals surface area (Å²) in [6.07, 6.45) is -5.59. The maximum absolute atomic E-state index is 12.9. The Labute approximate surface area is 193 Å². The molecule has 2 aromatic rings. The Balaban J connectivity index is 1.69. The molecule has 0 bridgehead atoms. The summed E-state index contributed by atoms with van der Waals surface area (Å²) >= 11 is 0. The van der Waals surface area contributed by atoms with Crippen molar-refractivity contribution in [3.63, 3.8) is 0 Å². The SMILES string of the molecule is CC1(C)OC[C@@H](C(CS(=O)(=O)c2ccc(Oc3ccc(OC(F)(F)F)cc3)cc2)N(O)C=O)O1. The van der Waals surface area contributed by atoms with Crippen molar-refractivity contribution in [2.24, 2.45) is 0 Å². The first kappa shape index (κ1) is 25.7. The van der Waals surface area contributed by atoms with Crippen molar-refractivity contribution in [3.8, 4) is 17.2 Å². The van der Waals surface area contributed by atoms with Crippen LogP contribution in [-0.2, 0) is 24.1 Å². The molecule has 1 saturated heterocycles. The molecule has 1 amide bonds. The Kier molecular flexibility index (Phi) is 7.41. The van der Waals surface area contributed by atoms with E-state index in [0.717, 1.165) is 12.1 Å². The molecule has 34 heavy (non-hydrogen) atoms. The number of nitrogens with zero attached hydrogens (tertiary/aromatic N) is 1. The number of carbonyl (C=O) groups excluding carboxylic acids is 1. The highest BCUT2D eigenvalue weighted by Crippen LogP contribution is 2.30. The first-order valence-electron chi connectivity index (χ1n) is 9.89. The topological polar surface area (TPSA) is 112 Å². The van der Waals surface area contributed by atoms with Crippen LogP contribution in [0.2, 0.25) is 0 Å². The van der Waals surface area contributed by atoms with Crippen LogP contribution >= 0.6 is 0 Å². The number of rotatable bonds is 9. The molecule has 1 N–H and O–H groups in total. The number of sulfone groups is 1. The third-order valence-electron chi connectivity index (χ3n) is 4.77. The minimum absolute atomic E-state index is 0.0162. The van der Waals surface area contributed by atoms with E-state index in [-0.39, 0.29) is 34.5 Å². The van der Waals surface area contributed by atoms with Gasteiger partial charge in [-0.1, -0.05) is 0 Å². The molecule has 186 valence electrons. The largest absolute Gasteiger partial charge is 0.573 e. The molecule has 0 aliphatic carbocycles. The van der Waals surface area contributed by atoms with E-state index in [2.05, 4.69) is 4.74 Å². The van der Waals surface area contributed by atoms with Crippen molar-refractivity contribution in [2.75, 3.05) is 12.4 Å². The molecule has 1 aliphatic heterocycles. The third-order valence-corrected chi connectivity index (χ3v) is 6.54. The monoisotopic (exact) mass is 505 g/mol. The first-order chi connectivity index (χ1) is 15.8. The maximum Gasteiger partial charge on any atom is 0.573 e. The number of alkyl halides is 3. The fourth-order valence-electron chi connectivity index (χ4n) is 3.22. The van der Waals surface area contributed by atoms with Gasteiger partial charge in [-0.2, -0.15) is 0 Å². The van der Waals surface area contributed by atoms with Crippen molar-refractivity contribution in [3.05, 3.63) is 48.5 Å². The van der Waals surface area contributed by atoms with Gasteiger partial charge in [-0.15, -0.1) is 13.2 Å². The molecule has 1 fully saturated rings. The van der Waals surface area contributed by atoms with E-state index in [1.165, 1.54) is 36.4 Å². The Morgan fingerprint density at radius 2 is 1.65 bits per heavy atom. The highest BCUT2D eigenvalue weighted by atomic mass is 32.2. The molecule has 13 heteroatoms. The van der Waals surface area contributed by atoms with Crippen LogP contribution in [0.5, 0.6) is 17.2 Å². The lowest BCUT2D eigenvalue weighted by Gasteiger charge is -2.27. The maximum atomic E-state index is 12.9. The Morgan fingerprint density at radius 3 is 2.12 bits per heavy atom. The second-order valence-corrected chi connectivity index (χ2v) is 9.83. The summed E-state index contributed by atoms with van der Waals surface area (Å²) < 4.78 is 82.8. The summed E-state index contributed by atoms with van der Waals surface area (Å²) in [7, 11) is -3.98. The number of benzene rings is 2. The number of ether oxygens (including phenoxy) is 4. The normalized spacial score (nSPS) is 18.8. The van der Waals surface area contributed by atoms with E-state index in [9.17, 15) is 31.6 Å². The predicted octanol–water partition coefficient (Wildman–Crippen LogP) is 3.52. The van der Waals surface area contributed by atoms with E-state index in [0.29, 0.717) is 0 Å². The van der Waals surface area contributed by atoms with Crippen LogP contribution < -0.4 is 9.47 Å². The van der Waals surface area contributed by atoms with Crippen molar-refractivity contribution in [2.45, 2.75) is 43.0 Å². The molecule has 1 unspecified atom stereocenters. The first-order valence-corrected chi connectivity index (χ1v) is 11.5. The van der Waals surface area contributed by atoms with E-state index in [4.69, 9.17) is 14.2 Å². The smallest absolute Gasteiger partial charge is 0.457 e. The van der Waals surface area contributed by atoms with E-state index in [1.807, 2.05) is 0 Å². The molecule has 9 nitrogen and oxygen atoms in total. The van der Waals surface area contributed by atoms with Crippen LogP contribution in [-0.4, -0.2) is 61.8 Å². The Bertz CT molecular complexity index is 1090. The van der Waals surface area contributed by atoms with Gasteiger partial charge in [0.25, 0.3) is 0 Å². The molecule has 0 aromatic heterocycles. The predicted molar refractivity (Wildman–Crippen MR) is 110 cm³/mol. The van der Waals surface area contributed by atoms with Gasteiger partial charge in [0.05, 0.1) is 17.3 Å². The lowest BCUT2D eigenvalue weighted by atomic mass is 10.2. The quantitative estimate of drug-likeness (QED) is 0.313. The number of hydrogen-bond donors (Lipinski definition) is 1. The number of hydroxylamine groups is 2. The Hall–Kier alpha value is -2.87. The zero-order valence-corrected chi connectivity index (χ0v) is 18.9. The standard InChI is InChI=1S/C21H22F3NO8S/c1-20(2)30-11-19(33-20)18(25(27)13-26)12-34(28,29)17-9-7-15(8-10-17)31-14-3-5-16(6-4-14)32-21(22,23)24/h3-10,13,18-19,27H,11-12H2,1-2H3/t18?,19-/m0/s1. The van der Waals surface area contributed by atoms with E-state index < -0.39 is 45.6 Å². The number of hydrogen-bond acceptors (Lipinski definition) is 8. The van der Waals surface area contributed by atoms with Crippen molar-refractivity contribution >= 4 is 16.2 Å². The number of amides is 1. The fraction of sp³-hybridized carbons (Fsp3) is 0.381. The van der Waals surface area contributed by atoms with Gasteiger partial charge in [0.15, 0.2) is 15.6 Å². The summed E-state index contributed by atoms with van der Waals surface area (Å²) in [5.41, 5.74) is 0. The van der Waals surface area contributed by atoms with Gasteiger partial charge in [-0.25, -0.2) is 13.5 Å². The van der Waals surface area contributed by atoms with Crippen LogP contribution in [0.25, 0.3) is 0 Å². The highest BCUT2D eigenvalue weighted by Gasteiger charge is 2.42. The molecule has 0 radical (unpaired) electrons. The molecular weight excluding hydrogens is 483 g/mol. The lowest BCUT2D eigenvalue weighted by molar-refractivity contribution is -0.274. The summed E-state index contributed by atoms with van der Waals surface area (Å²) in [6.45, 7) is 3.23. The number of halogens is 3. The Morgan fingerprint density at radius 1 is 1.12 bits per heavy atom. The van der Waals surface area contributed by atoms with Gasteiger partial charge in [-0.05, 0) is 62.4 Å².